The summed E-state index contributed by atoms with van der Waals surface area (Å²) < 4.78 is 0. The smallest absolute Gasteiger partial charge is 0.305 e. The van der Waals surface area contributed by atoms with Gasteiger partial charge in [-0.25, -0.2) is 4.98 Å². The number of carboxylic acid groups (broad SMARTS) is 1. The Bertz CT molecular complexity index is 505. The molecule has 0 aliphatic rings. The molecule has 9 heteroatoms. The zero-order valence-corrected chi connectivity index (χ0v) is 9.68. The molecule has 1 heterocycles. The summed E-state index contributed by atoms with van der Waals surface area (Å²) in [7, 11) is 0. The third kappa shape index (κ3) is 3.67. The third-order valence-corrected chi connectivity index (χ3v) is 2.12. The molecular formula is C9H8ClN3O5. The molecule has 0 aromatic carbocycles. The molecule has 2 N–H and O–H groups in total. The second-order valence-electron chi connectivity index (χ2n) is 3.18. The monoisotopic (exact) mass is 273 g/mol. The largest absolute Gasteiger partial charge is 0.481 e. The van der Waals surface area contributed by atoms with Crippen LogP contribution >= 0.6 is 11.6 Å². The number of aliphatic carboxylic acids is 1. The number of hydrogen-bond acceptors (Lipinski definition) is 5. The number of nitro groups is 1. The van der Waals surface area contributed by atoms with Gasteiger partial charge in [0.2, 0.25) is 0 Å². The van der Waals surface area contributed by atoms with Crippen LogP contribution in [0.5, 0.6) is 0 Å². The van der Waals surface area contributed by atoms with E-state index in [1.807, 2.05) is 0 Å². The lowest BCUT2D eigenvalue weighted by molar-refractivity contribution is -0.385. The van der Waals surface area contributed by atoms with Crippen LogP contribution in [0.25, 0.3) is 0 Å². The lowest BCUT2D eigenvalue weighted by Crippen LogP contribution is -2.26. The Morgan fingerprint density at radius 2 is 2.22 bits per heavy atom. The second kappa shape index (κ2) is 5.92. The average Bonchev–Trinajstić information content (AvgIpc) is 2.27. The van der Waals surface area contributed by atoms with E-state index in [2.05, 4.69) is 10.3 Å². The topological polar surface area (TPSA) is 122 Å². The molecule has 96 valence electrons. The number of nitrogens with one attached hydrogen (secondary N) is 1. The number of carboxylic acids is 1. The summed E-state index contributed by atoms with van der Waals surface area (Å²) in [5.74, 6) is -1.86. The second-order valence-corrected chi connectivity index (χ2v) is 3.57. The number of rotatable bonds is 5. The van der Waals surface area contributed by atoms with E-state index in [-0.39, 0.29) is 23.7 Å². The fourth-order valence-electron chi connectivity index (χ4n) is 1.13. The van der Waals surface area contributed by atoms with Gasteiger partial charge in [0.05, 0.1) is 11.3 Å². The van der Waals surface area contributed by atoms with E-state index in [1.165, 1.54) is 0 Å². The lowest BCUT2D eigenvalue weighted by atomic mass is 10.2. The maximum atomic E-state index is 11.6. The first kappa shape index (κ1) is 13.8. The minimum atomic E-state index is -1.09. The van der Waals surface area contributed by atoms with Crippen molar-refractivity contribution in [3.63, 3.8) is 0 Å². The molecule has 0 atom stereocenters. The number of carbonyl (C=O) groups is 2. The Morgan fingerprint density at radius 1 is 1.56 bits per heavy atom. The number of halogens is 1. The van der Waals surface area contributed by atoms with Crippen molar-refractivity contribution in [3.8, 4) is 0 Å². The standard InChI is InChI=1S/C9H8ClN3O5/c10-7-3-5(6(4-12-7)13(17)18)9(16)11-2-1-8(14)15/h3-4H,1-2H2,(H,11,16)(H,14,15). The van der Waals surface area contributed by atoms with Crippen molar-refractivity contribution in [2.24, 2.45) is 0 Å². The van der Waals surface area contributed by atoms with Crippen molar-refractivity contribution in [2.45, 2.75) is 6.42 Å². The first-order chi connectivity index (χ1) is 8.41. The predicted octanol–water partition coefficient (Wildman–Crippen LogP) is 0.848. The zero-order chi connectivity index (χ0) is 13.7. The van der Waals surface area contributed by atoms with Gasteiger partial charge < -0.3 is 10.4 Å². The summed E-state index contributed by atoms with van der Waals surface area (Å²) in [6, 6.07) is 1.05. The number of amides is 1. The van der Waals surface area contributed by atoms with Gasteiger partial charge in [0, 0.05) is 6.54 Å². The molecule has 0 spiro atoms. The van der Waals surface area contributed by atoms with Crippen LogP contribution in [0.3, 0.4) is 0 Å². The van der Waals surface area contributed by atoms with Gasteiger partial charge in [0.1, 0.15) is 16.9 Å². The van der Waals surface area contributed by atoms with Crippen LogP contribution in [-0.4, -0.2) is 33.4 Å². The summed E-state index contributed by atoms with van der Waals surface area (Å²) in [4.78, 5) is 35.3. The van der Waals surface area contributed by atoms with E-state index in [9.17, 15) is 19.7 Å². The highest BCUT2D eigenvalue weighted by atomic mass is 35.5. The number of aromatic nitrogens is 1. The molecule has 0 fully saturated rings. The van der Waals surface area contributed by atoms with Crippen molar-refractivity contribution < 1.29 is 19.6 Å². The van der Waals surface area contributed by atoms with E-state index < -0.39 is 22.5 Å². The molecule has 8 nitrogen and oxygen atoms in total. The van der Waals surface area contributed by atoms with Crippen LogP contribution in [0.2, 0.25) is 5.15 Å². The molecule has 0 unspecified atom stereocenters. The molecular weight excluding hydrogens is 266 g/mol. The molecule has 0 saturated carbocycles. The van der Waals surface area contributed by atoms with Gasteiger partial charge in [-0.1, -0.05) is 11.6 Å². The Labute approximate surface area is 106 Å². The number of hydrogen-bond donors (Lipinski definition) is 2. The summed E-state index contributed by atoms with van der Waals surface area (Å²) >= 11 is 5.54. The summed E-state index contributed by atoms with van der Waals surface area (Å²) in [5.41, 5.74) is -0.752. The Morgan fingerprint density at radius 3 is 2.78 bits per heavy atom. The number of nitrogens with zero attached hydrogens (tertiary/aromatic N) is 2. The Kier molecular flexibility index (Phi) is 4.55. The molecule has 18 heavy (non-hydrogen) atoms. The van der Waals surface area contributed by atoms with E-state index in [1.54, 1.807) is 0 Å². The highest BCUT2D eigenvalue weighted by Gasteiger charge is 2.21. The van der Waals surface area contributed by atoms with E-state index >= 15 is 0 Å². The van der Waals surface area contributed by atoms with Crippen molar-refractivity contribution in [1.82, 2.24) is 10.3 Å². The molecule has 0 radical (unpaired) electrons. The van der Waals surface area contributed by atoms with Gasteiger partial charge in [-0.15, -0.1) is 0 Å². The Balaban J connectivity index is 2.87. The van der Waals surface area contributed by atoms with Crippen molar-refractivity contribution >= 4 is 29.2 Å². The lowest BCUT2D eigenvalue weighted by Gasteiger charge is -2.04. The highest BCUT2D eigenvalue weighted by molar-refractivity contribution is 6.29. The molecule has 1 aromatic rings. The van der Waals surface area contributed by atoms with Crippen LogP contribution in [0.1, 0.15) is 16.8 Å². The van der Waals surface area contributed by atoms with Gasteiger partial charge in [0.15, 0.2) is 0 Å². The predicted molar refractivity (Wildman–Crippen MR) is 60.5 cm³/mol. The van der Waals surface area contributed by atoms with Crippen LogP contribution in [0.15, 0.2) is 12.3 Å². The third-order valence-electron chi connectivity index (χ3n) is 1.92. The number of pyridine rings is 1. The minimum absolute atomic E-state index is 0.0658. The maximum absolute atomic E-state index is 11.6. The van der Waals surface area contributed by atoms with Crippen LogP contribution < -0.4 is 5.32 Å². The van der Waals surface area contributed by atoms with Crippen molar-refractivity contribution in [3.05, 3.63) is 33.1 Å². The summed E-state index contributed by atoms with van der Waals surface area (Å²) in [6.45, 7) is -0.134. The fourth-order valence-corrected chi connectivity index (χ4v) is 1.29. The van der Waals surface area contributed by atoms with Gasteiger partial charge in [-0.2, -0.15) is 0 Å². The van der Waals surface area contributed by atoms with Crippen molar-refractivity contribution in [2.75, 3.05) is 6.54 Å². The van der Waals surface area contributed by atoms with Gasteiger partial charge in [0.25, 0.3) is 11.6 Å². The van der Waals surface area contributed by atoms with Gasteiger partial charge in [-0.3, -0.25) is 19.7 Å². The molecule has 1 amide bonds. The van der Waals surface area contributed by atoms with E-state index in [0.717, 1.165) is 12.3 Å². The quantitative estimate of drug-likeness (QED) is 0.466. The average molecular weight is 274 g/mol. The van der Waals surface area contributed by atoms with Gasteiger partial charge >= 0.3 is 5.97 Å². The molecule has 0 bridgehead atoms. The van der Waals surface area contributed by atoms with Crippen LogP contribution in [-0.2, 0) is 4.79 Å². The minimum Gasteiger partial charge on any atom is -0.481 e. The number of carbonyl (C=O) groups excluding carboxylic acids is 1. The summed E-state index contributed by atoms with van der Waals surface area (Å²) in [5, 5.41) is 21.2. The zero-order valence-electron chi connectivity index (χ0n) is 8.92. The van der Waals surface area contributed by atoms with Crippen molar-refractivity contribution in [1.29, 1.82) is 0 Å². The van der Waals surface area contributed by atoms with Crippen LogP contribution in [0.4, 0.5) is 5.69 Å². The Hall–Kier alpha value is -2.22. The summed E-state index contributed by atoms with van der Waals surface area (Å²) in [6.07, 6.45) is 0.590. The van der Waals surface area contributed by atoms with E-state index in [4.69, 9.17) is 16.7 Å². The molecule has 0 aliphatic carbocycles. The fraction of sp³-hybridized carbons (Fsp3) is 0.222. The maximum Gasteiger partial charge on any atom is 0.305 e. The SMILES string of the molecule is O=C(O)CCNC(=O)c1cc(Cl)ncc1[N+](=O)[O-]. The first-order valence-electron chi connectivity index (χ1n) is 4.71. The molecule has 0 saturated heterocycles. The van der Waals surface area contributed by atoms with Gasteiger partial charge in [-0.05, 0) is 6.07 Å². The highest BCUT2D eigenvalue weighted by Crippen LogP contribution is 2.19. The first-order valence-corrected chi connectivity index (χ1v) is 5.09. The van der Waals surface area contributed by atoms with Crippen LogP contribution in [0, 0.1) is 10.1 Å². The normalized spacial score (nSPS) is 9.83. The van der Waals surface area contributed by atoms with E-state index in [0.29, 0.717) is 0 Å². The molecule has 0 aliphatic heterocycles. The molecule has 1 rings (SSSR count). The molecule has 1 aromatic heterocycles.